The highest BCUT2D eigenvalue weighted by Gasteiger charge is 2.52. The van der Waals surface area contributed by atoms with Gasteiger partial charge in [-0.1, -0.05) is 12.1 Å². The number of amides is 3. The van der Waals surface area contributed by atoms with E-state index in [2.05, 4.69) is 14.3 Å². The zero-order valence-corrected chi connectivity index (χ0v) is 20.5. The van der Waals surface area contributed by atoms with E-state index in [0.29, 0.717) is 24.5 Å². The molecule has 3 amide bonds. The average Bonchev–Trinajstić information content (AvgIpc) is 3.23. The molecule has 0 bridgehead atoms. The van der Waals surface area contributed by atoms with Gasteiger partial charge in [0.15, 0.2) is 0 Å². The number of anilines is 1. The standard InChI is InChI=1S/C23H30N5O3P/c1-14-9-17(7-8-20(14)31-6)11-27-22(30)28(21(29)23(27,4)5)18-10-25-26(12-18)13-19(15(2)24)16(3)32/h7-10,12,24H,11,13,32H2,1-6H3/b19-16-,24-15?. The van der Waals surface area contributed by atoms with Crippen molar-refractivity contribution in [2.75, 3.05) is 12.0 Å². The van der Waals surface area contributed by atoms with Crippen LogP contribution in [0.2, 0.25) is 0 Å². The lowest BCUT2D eigenvalue weighted by atomic mass is 10.0. The van der Waals surface area contributed by atoms with Crippen molar-refractivity contribution in [3.63, 3.8) is 0 Å². The third-order valence-electron chi connectivity index (χ3n) is 5.75. The van der Waals surface area contributed by atoms with Crippen molar-refractivity contribution in [1.82, 2.24) is 14.7 Å². The number of carbonyl (C=O) groups is 2. The van der Waals surface area contributed by atoms with E-state index in [1.165, 1.54) is 11.1 Å². The van der Waals surface area contributed by atoms with Crippen LogP contribution in [0.5, 0.6) is 5.75 Å². The van der Waals surface area contributed by atoms with Crippen LogP contribution in [0.25, 0.3) is 0 Å². The van der Waals surface area contributed by atoms with Crippen LogP contribution in [0, 0.1) is 12.3 Å². The summed E-state index contributed by atoms with van der Waals surface area (Å²) >= 11 is 0. The number of aryl methyl sites for hydroxylation is 1. The van der Waals surface area contributed by atoms with E-state index in [1.807, 2.05) is 32.0 Å². The third kappa shape index (κ3) is 4.32. The second kappa shape index (κ2) is 8.87. The van der Waals surface area contributed by atoms with Crippen LogP contribution in [0.15, 0.2) is 41.5 Å². The van der Waals surface area contributed by atoms with Crippen LogP contribution in [-0.2, 0) is 17.9 Å². The molecule has 0 radical (unpaired) electrons. The summed E-state index contributed by atoms with van der Waals surface area (Å²) < 4.78 is 6.95. The van der Waals surface area contributed by atoms with E-state index in [1.54, 1.807) is 43.7 Å². The highest BCUT2D eigenvalue weighted by atomic mass is 31.0. The van der Waals surface area contributed by atoms with Crippen molar-refractivity contribution in [1.29, 1.82) is 5.41 Å². The first-order chi connectivity index (χ1) is 15.0. The predicted molar refractivity (Wildman–Crippen MR) is 128 cm³/mol. The number of aromatic nitrogens is 2. The smallest absolute Gasteiger partial charge is 0.332 e. The first-order valence-corrected chi connectivity index (χ1v) is 10.9. The molecule has 1 atom stereocenters. The SMILES string of the molecule is COc1ccc(CN2C(=O)N(c3cnn(C/C(C(C)=N)=C(\C)P)c3)C(=O)C2(C)C)cc1C. The molecule has 1 N–H and O–H groups in total. The van der Waals surface area contributed by atoms with Crippen LogP contribution in [0.1, 0.15) is 38.8 Å². The van der Waals surface area contributed by atoms with Gasteiger partial charge in [0.2, 0.25) is 0 Å². The summed E-state index contributed by atoms with van der Waals surface area (Å²) in [4.78, 5) is 29.3. The molecule has 1 aliphatic rings. The van der Waals surface area contributed by atoms with Crippen LogP contribution in [0.3, 0.4) is 0 Å². The zero-order chi connectivity index (χ0) is 23.8. The zero-order valence-electron chi connectivity index (χ0n) is 19.4. The highest BCUT2D eigenvalue weighted by molar-refractivity contribution is 7.22. The number of nitrogens with zero attached hydrogens (tertiary/aromatic N) is 4. The lowest BCUT2D eigenvalue weighted by Gasteiger charge is -2.28. The van der Waals surface area contributed by atoms with Gasteiger partial charge in [0, 0.05) is 18.5 Å². The quantitative estimate of drug-likeness (QED) is 0.386. The summed E-state index contributed by atoms with van der Waals surface area (Å²) in [5, 5.41) is 13.2. The van der Waals surface area contributed by atoms with E-state index in [-0.39, 0.29) is 11.9 Å². The number of ether oxygens (including phenoxy) is 1. The van der Waals surface area contributed by atoms with Gasteiger partial charge in [-0.15, -0.1) is 9.24 Å². The van der Waals surface area contributed by atoms with Gasteiger partial charge in [-0.2, -0.15) is 5.10 Å². The van der Waals surface area contributed by atoms with Gasteiger partial charge >= 0.3 is 6.03 Å². The molecule has 9 heteroatoms. The van der Waals surface area contributed by atoms with E-state index in [4.69, 9.17) is 10.1 Å². The molecule has 3 rings (SSSR count). The monoisotopic (exact) mass is 455 g/mol. The Morgan fingerprint density at radius 2 is 1.94 bits per heavy atom. The second-order valence-electron chi connectivity index (χ2n) is 8.55. The topological polar surface area (TPSA) is 91.5 Å². The minimum Gasteiger partial charge on any atom is -0.496 e. The van der Waals surface area contributed by atoms with Gasteiger partial charge in [0.25, 0.3) is 5.91 Å². The van der Waals surface area contributed by atoms with Crippen molar-refractivity contribution < 1.29 is 14.3 Å². The van der Waals surface area contributed by atoms with Crippen LogP contribution in [0.4, 0.5) is 10.5 Å². The third-order valence-corrected chi connectivity index (χ3v) is 6.10. The molecule has 0 spiro atoms. The van der Waals surface area contributed by atoms with E-state index >= 15 is 0 Å². The fourth-order valence-corrected chi connectivity index (χ4v) is 4.11. The maximum Gasteiger partial charge on any atom is 0.332 e. The lowest BCUT2D eigenvalue weighted by molar-refractivity contribution is -0.123. The predicted octanol–water partition coefficient (Wildman–Crippen LogP) is 4.14. The molecule has 1 aliphatic heterocycles. The number of benzene rings is 1. The molecule has 170 valence electrons. The molecule has 1 saturated heterocycles. The summed E-state index contributed by atoms with van der Waals surface area (Å²) in [5.74, 6) is 0.480. The molecule has 32 heavy (non-hydrogen) atoms. The van der Waals surface area contributed by atoms with Crippen molar-refractivity contribution in [3.8, 4) is 5.75 Å². The largest absolute Gasteiger partial charge is 0.496 e. The first kappa shape index (κ1) is 23.7. The average molecular weight is 455 g/mol. The molecule has 8 nitrogen and oxygen atoms in total. The number of carbonyl (C=O) groups excluding carboxylic acids is 2. The van der Waals surface area contributed by atoms with Gasteiger partial charge < -0.3 is 15.0 Å². The number of hydrogen-bond donors (Lipinski definition) is 1. The van der Waals surface area contributed by atoms with Crippen LogP contribution >= 0.6 is 9.24 Å². The molecular weight excluding hydrogens is 425 g/mol. The molecule has 0 saturated carbocycles. The van der Waals surface area contributed by atoms with Gasteiger partial charge in [-0.3, -0.25) is 9.48 Å². The minimum absolute atomic E-state index is 0.298. The Balaban J connectivity index is 1.87. The molecule has 1 aromatic carbocycles. The van der Waals surface area contributed by atoms with Crippen LogP contribution < -0.4 is 9.64 Å². The number of urea groups is 1. The summed E-state index contributed by atoms with van der Waals surface area (Å²) in [5.41, 5.74) is 2.59. The Labute approximate surface area is 190 Å². The van der Waals surface area contributed by atoms with Crippen molar-refractivity contribution in [2.45, 2.75) is 53.2 Å². The summed E-state index contributed by atoms with van der Waals surface area (Å²) in [6.45, 7) is 9.79. The molecule has 1 aromatic heterocycles. The van der Waals surface area contributed by atoms with Crippen molar-refractivity contribution >= 4 is 32.6 Å². The normalized spacial score (nSPS) is 16.5. The van der Waals surface area contributed by atoms with Gasteiger partial charge in [-0.25, -0.2) is 9.69 Å². The Bertz CT molecular complexity index is 1110. The number of methoxy groups -OCH3 is 1. The summed E-state index contributed by atoms with van der Waals surface area (Å²) in [6, 6.07) is 5.35. The van der Waals surface area contributed by atoms with Crippen molar-refractivity contribution in [2.24, 2.45) is 0 Å². The molecule has 1 fully saturated rings. The maximum absolute atomic E-state index is 13.3. The summed E-state index contributed by atoms with van der Waals surface area (Å²) in [6.07, 6.45) is 3.19. The molecule has 2 heterocycles. The van der Waals surface area contributed by atoms with Crippen molar-refractivity contribution in [3.05, 3.63) is 52.6 Å². The number of rotatable bonds is 7. The van der Waals surface area contributed by atoms with Gasteiger partial charge in [0.05, 0.1) is 25.5 Å². The Morgan fingerprint density at radius 1 is 1.25 bits per heavy atom. The van der Waals surface area contributed by atoms with Crippen LogP contribution in [-0.4, -0.2) is 45.0 Å². The van der Waals surface area contributed by atoms with Gasteiger partial charge in [-0.05, 0) is 62.7 Å². The molecule has 0 aliphatic carbocycles. The second-order valence-corrected chi connectivity index (χ2v) is 9.42. The number of hydrogen-bond acceptors (Lipinski definition) is 5. The number of nitrogens with one attached hydrogen (secondary N) is 1. The fourth-order valence-electron chi connectivity index (χ4n) is 3.81. The fraction of sp³-hybridized carbons (Fsp3) is 0.391. The van der Waals surface area contributed by atoms with Gasteiger partial charge in [0.1, 0.15) is 11.3 Å². The first-order valence-electron chi connectivity index (χ1n) is 10.3. The number of allylic oxidation sites excluding steroid dienone is 2. The Morgan fingerprint density at radius 3 is 2.50 bits per heavy atom. The Hall–Kier alpha value is -2.99. The minimum atomic E-state index is -1.000. The van der Waals surface area contributed by atoms with E-state index in [0.717, 1.165) is 27.8 Å². The molecular formula is C23H30N5O3P. The highest BCUT2D eigenvalue weighted by Crippen LogP contribution is 2.33. The van der Waals surface area contributed by atoms with E-state index < -0.39 is 5.54 Å². The summed E-state index contributed by atoms with van der Waals surface area (Å²) in [7, 11) is 4.23. The Kier molecular flexibility index (Phi) is 6.56. The number of imide groups is 1. The van der Waals surface area contributed by atoms with E-state index in [9.17, 15) is 9.59 Å². The lowest BCUT2D eigenvalue weighted by Crippen LogP contribution is -2.43. The maximum atomic E-state index is 13.3. The molecule has 1 unspecified atom stereocenters. The molecule has 2 aromatic rings.